The zero-order valence-electron chi connectivity index (χ0n) is 15.6. The molecule has 0 radical (unpaired) electrons. The van der Waals surface area contributed by atoms with Crippen LogP contribution < -0.4 is 10.6 Å². The van der Waals surface area contributed by atoms with Gasteiger partial charge >= 0.3 is 5.97 Å². The van der Waals surface area contributed by atoms with E-state index in [1.807, 2.05) is 31.2 Å². The molecule has 0 aliphatic carbocycles. The van der Waals surface area contributed by atoms with Gasteiger partial charge in [-0.2, -0.15) is 0 Å². The van der Waals surface area contributed by atoms with Gasteiger partial charge in [-0.1, -0.05) is 17.7 Å². The molecule has 0 atom stereocenters. The maximum atomic E-state index is 12.4. The lowest BCUT2D eigenvalue weighted by Gasteiger charge is -2.08. The highest BCUT2D eigenvalue weighted by Gasteiger charge is 2.10. The topological polar surface area (TPSA) is 93.2 Å². The number of hydrogen-bond acceptors (Lipinski definition) is 6. The molecule has 2 aromatic carbocycles. The van der Waals surface area contributed by atoms with Crippen LogP contribution in [0.5, 0.6) is 0 Å². The predicted molar refractivity (Wildman–Crippen MR) is 107 cm³/mol. The first kappa shape index (κ1) is 19.0. The van der Waals surface area contributed by atoms with E-state index in [1.165, 1.54) is 6.20 Å². The molecule has 142 valence electrons. The van der Waals surface area contributed by atoms with Crippen LogP contribution in [0.1, 0.15) is 33.3 Å². The van der Waals surface area contributed by atoms with Crippen molar-refractivity contribution in [3.05, 3.63) is 77.6 Å². The number of anilines is 3. The number of nitrogens with zero attached hydrogens (tertiary/aromatic N) is 2. The Balaban J connectivity index is 1.68. The second-order valence-corrected chi connectivity index (χ2v) is 6.01. The minimum atomic E-state index is -0.375. The predicted octanol–water partition coefficient (Wildman–Crippen LogP) is 3.96. The van der Waals surface area contributed by atoms with Crippen LogP contribution in [0.4, 0.5) is 17.3 Å². The smallest absolute Gasteiger partial charge is 0.338 e. The van der Waals surface area contributed by atoms with Gasteiger partial charge in [0.2, 0.25) is 5.95 Å². The summed E-state index contributed by atoms with van der Waals surface area (Å²) in [5, 5.41) is 5.81. The number of hydrogen-bond donors (Lipinski definition) is 2. The fourth-order valence-electron chi connectivity index (χ4n) is 2.41. The van der Waals surface area contributed by atoms with Gasteiger partial charge in [0.1, 0.15) is 5.69 Å². The lowest BCUT2D eigenvalue weighted by Crippen LogP contribution is -2.14. The van der Waals surface area contributed by atoms with Crippen molar-refractivity contribution in [1.29, 1.82) is 0 Å². The second kappa shape index (κ2) is 8.77. The summed E-state index contributed by atoms with van der Waals surface area (Å²) in [7, 11) is 0. The van der Waals surface area contributed by atoms with Gasteiger partial charge in [-0.25, -0.2) is 14.8 Å². The molecule has 7 heteroatoms. The first-order chi connectivity index (χ1) is 13.5. The Morgan fingerprint density at radius 3 is 2.32 bits per heavy atom. The van der Waals surface area contributed by atoms with Gasteiger partial charge < -0.3 is 15.4 Å². The number of nitrogens with one attached hydrogen (secondary N) is 2. The minimum Gasteiger partial charge on any atom is -0.462 e. The number of aryl methyl sites for hydroxylation is 1. The first-order valence-electron chi connectivity index (χ1n) is 8.80. The number of benzene rings is 2. The van der Waals surface area contributed by atoms with Crippen molar-refractivity contribution in [2.75, 3.05) is 17.2 Å². The summed E-state index contributed by atoms with van der Waals surface area (Å²) in [5.41, 5.74) is 3.18. The summed E-state index contributed by atoms with van der Waals surface area (Å²) in [4.78, 5) is 32.5. The summed E-state index contributed by atoms with van der Waals surface area (Å²) in [6.45, 7) is 4.06. The van der Waals surface area contributed by atoms with Gasteiger partial charge in [-0.05, 0) is 56.3 Å². The molecule has 0 fully saturated rings. The van der Waals surface area contributed by atoms with E-state index in [0.29, 0.717) is 23.5 Å². The Labute approximate surface area is 162 Å². The fraction of sp³-hybridized carbons (Fsp3) is 0.143. The maximum Gasteiger partial charge on any atom is 0.338 e. The monoisotopic (exact) mass is 376 g/mol. The van der Waals surface area contributed by atoms with Gasteiger partial charge in [-0.15, -0.1) is 0 Å². The van der Waals surface area contributed by atoms with E-state index >= 15 is 0 Å². The molecule has 0 unspecified atom stereocenters. The van der Waals surface area contributed by atoms with Gasteiger partial charge in [0.25, 0.3) is 5.91 Å². The van der Waals surface area contributed by atoms with Gasteiger partial charge in [0, 0.05) is 17.6 Å². The first-order valence-corrected chi connectivity index (χ1v) is 8.80. The van der Waals surface area contributed by atoms with Gasteiger partial charge in [0.15, 0.2) is 0 Å². The minimum absolute atomic E-state index is 0.237. The molecule has 1 amide bonds. The maximum absolute atomic E-state index is 12.4. The standard InChI is InChI=1S/C21H20N4O3/c1-3-28-20(27)15-6-10-17(11-7-15)24-21-22-13-12-18(25-21)19(26)23-16-8-4-14(2)5-9-16/h4-13H,3H2,1-2H3,(H,23,26)(H,22,24,25). The van der Waals surface area contributed by atoms with Crippen molar-refractivity contribution in [1.82, 2.24) is 9.97 Å². The summed E-state index contributed by atoms with van der Waals surface area (Å²) >= 11 is 0. The molecule has 0 aliphatic rings. The zero-order chi connectivity index (χ0) is 19.9. The van der Waals surface area contributed by atoms with E-state index in [9.17, 15) is 9.59 Å². The Morgan fingerprint density at radius 1 is 0.964 bits per heavy atom. The molecule has 0 aliphatic heterocycles. The van der Waals surface area contributed by atoms with Crippen LogP contribution >= 0.6 is 0 Å². The molecule has 28 heavy (non-hydrogen) atoms. The molecule has 1 aromatic heterocycles. The number of amides is 1. The molecule has 0 saturated carbocycles. The van der Waals surface area contributed by atoms with Crippen molar-refractivity contribution in [2.45, 2.75) is 13.8 Å². The molecular formula is C21H20N4O3. The van der Waals surface area contributed by atoms with Crippen molar-refractivity contribution in [3.63, 3.8) is 0 Å². The Morgan fingerprint density at radius 2 is 1.64 bits per heavy atom. The van der Waals surface area contributed by atoms with E-state index in [1.54, 1.807) is 37.3 Å². The van der Waals surface area contributed by atoms with Crippen LogP contribution in [0.15, 0.2) is 60.8 Å². The van der Waals surface area contributed by atoms with Crippen LogP contribution in [0.25, 0.3) is 0 Å². The summed E-state index contributed by atoms with van der Waals surface area (Å²) < 4.78 is 4.96. The van der Waals surface area contributed by atoms with Crippen LogP contribution in [0.2, 0.25) is 0 Å². The highest BCUT2D eigenvalue weighted by Crippen LogP contribution is 2.15. The normalized spacial score (nSPS) is 10.2. The van der Waals surface area contributed by atoms with Crippen molar-refractivity contribution >= 4 is 29.2 Å². The third-order valence-electron chi connectivity index (χ3n) is 3.85. The second-order valence-electron chi connectivity index (χ2n) is 6.01. The van der Waals surface area contributed by atoms with Crippen molar-refractivity contribution < 1.29 is 14.3 Å². The lowest BCUT2D eigenvalue weighted by atomic mass is 10.2. The Kier molecular flexibility index (Phi) is 5.96. The Bertz CT molecular complexity index is 970. The highest BCUT2D eigenvalue weighted by molar-refractivity contribution is 6.03. The third kappa shape index (κ3) is 4.91. The largest absolute Gasteiger partial charge is 0.462 e. The summed E-state index contributed by atoms with van der Waals surface area (Å²) in [6.07, 6.45) is 1.51. The third-order valence-corrected chi connectivity index (χ3v) is 3.85. The molecule has 0 saturated heterocycles. The molecule has 0 spiro atoms. The average molecular weight is 376 g/mol. The van der Waals surface area contributed by atoms with Crippen LogP contribution in [0.3, 0.4) is 0 Å². The number of rotatable bonds is 6. The number of aromatic nitrogens is 2. The molecular weight excluding hydrogens is 356 g/mol. The van der Waals surface area contributed by atoms with E-state index < -0.39 is 0 Å². The summed E-state index contributed by atoms with van der Waals surface area (Å²) in [5.74, 6) is -0.424. The average Bonchev–Trinajstić information content (AvgIpc) is 2.70. The van der Waals surface area contributed by atoms with Crippen LogP contribution in [-0.2, 0) is 4.74 Å². The van der Waals surface area contributed by atoms with Crippen LogP contribution in [-0.4, -0.2) is 28.5 Å². The van der Waals surface area contributed by atoms with Gasteiger partial charge in [0.05, 0.1) is 12.2 Å². The molecule has 3 aromatic rings. The zero-order valence-corrected chi connectivity index (χ0v) is 15.6. The van der Waals surface area contributed by atoms with Crippen molar-refractivity contribution in [3.8, 4) is 0 Å². The number of esters is 1. The lowest BCUT2D eigenvalue weighted by molar-refractivity contribution is 0.0526. The SMILES string of the molecule is CCOC(=O)c1ccc(Nc2nccc(C(=O)Nc3ccc(C)cc3)n2)cc1. The molecule has 2 N–H and O–H groups in total. The number of ether oxygens (including phenoxy) is 1. The molecule has 3 rings (SSSR count). The quantitative estimate of drug-likeness (QED) is 0.633. The molecule has 7 nitrogen and oxygen atoms in total. The highest BCUT2D eigenvalue weighted by atomic mass is 16.5. The Hall–Kier alpha value is -3.74. The van der Waals surface area contributed by atoms with Crippen LogP contribution in [0, 0.1) is 6.92 Å². The van der Waals surface area contributed by atoms with Gasteiger partial charge in [-0.3, -0.25) is 4.79 Å². The van der Waals surface area contributed by atoms with E-state index in [-0.39, 0.29) is 23.5 Å². The van der Waals surface area contributed by atoms with Crippen molar-refractivity contribution in [2.24, 2.45) is 0 Å². The fourth-order valence-corrected chi connectivity index (χ4v) is 2.41. The van der Waals surface area contributed by atoms with E-state index in [4.69, 9.17) is 4.74 Å². The molecule has 0 bridgehead atoms. The number of carbonyl (C=O) groups is 2. The molecule has 1 heterocycles. The van der Waals surface area contributed by atoms with E-state index in [0.717, 1.165) is 5.56 Å². The summed E-state index contributed by atoms with van der Waals surface area (Å²) in [6, 6.07) is 15.8. The van der Waals surface area contributed by atoms with E-state index in [2.05, 4.69) is 20.6 Å². The number of carbonyl (C=O) groups excluding carboxylic acids is 2.